The summed E-state index contributed by atoms with van der Waals surface area (Å²) in [4.78, 5) is 1.85. The number of rotatable bonds is 4. The van der Waals surface area contributed by atoms with Crippen molar-refractivity contribution in [2.45, 2.75) is 17.6 Å². The first kappa shape index (κ1) is 20.8. The molecule has 1 aliphatic rings. The van der Waals surface area contributed by atoms with Gasteiger partial charge in [-0.15, -0.1) is 0 Å². The number of nitrogens with zero attached hydrogens (tertiary/aromatic N) is 2. The number of sulfonamides is 1. The normalized spacial score (nSPS) is 16.8. The summed E-state index contributed by atoms with van der Waals surface area (Å²) >= 11 is 0. The van der Waals surface area contributed by atoms with E-state index in [1.54, 1.807) is 0 Å². The molecule has 1 saturated heterocycles. The van der Waals surface area contributed by atoms with Crippen LogP contribution >= 0.6 is 0 Å². The van der Waals surface area contributed by atoms with E-state index in [4.69, 9.17) is 0 Å². The van der Waals surface area contributed by atoms with E-state index in [9.17, 15) is 21.6 Å². The van der Waals surface area contributed by atoms with E-state index in [0.29, 0.717) is 25.7 Å². The number of piperazine rings is 1. The van der Waals surface area contributed by atoms with Gasteiger partial charge in [0.1, 0.15) is 0 Å². The average Bonchev–Trinajstić information content (AvgIpc) is 2.74. The Morgan fingerprint density at radius 1 is 0.833 bits per heavy atom. The van der Waals surface area contributed by atoms with Gasteiger partial charge in [0, 0.05) is 32.7 Å². The molecule has 4 nitrogen and oxygen atoms in total. The van der Waals surface area contributed by atoms with Crippen LogP contribution in [0.2, 0.25) is 0 Å². The molecule has 0 saturated carbocycles. The van der Waals surface area contributed by atoms with Gasteiger partial charge in [0.15, 0.2) is 0 Å². The van der Waals surface area contributed by atoms with Gasteiger partial charge in [0.2, 0.25) is 10.0 Å². The van der Waals surface area contributed by atoms with Gasteiger partial charge in [0.25, 0.3) is 0 Å². The van der Waals surface area contributed by atoms with Crippen molar-refractivity contribution in [1.82, 2.24) is 9.21 Å². The first-order chi connectivity index (χ1) is 14.2. The Kier molecular flexibility index (Phi) is 5.57. The molecule has 0 aliphatic carbocycles. The summed E-state index contributed by atoms with van der Waals surface area (Å²) in [6.45, 7) is 2.20. The third-order valence-corrected chi connectivity index (χ3v) is 7.30. The quantitative estimate of drug-likeness (QED) is 0.613. The van der Waals surface area contributed by atoms with Crippen LogP contribution in [0.15, 0.2) is 71.6 Å². The van der Waals surface area contributed by atoms with E-state index in [2.05, 4.69) is 29.2 Å². The van der Waals surface area contributed by atoms with Gasteiger partial charge in [0.05, 0.1) is 10.5 Å². The standard InChI is InChI=1S/C22H21F3N2O2S/c23-22(24,25)19-8-4-9-20(15-19)30(28,29)27-13-11-26(12-14-27)16-18-7-3-6-17-5-1-2-10-21(17)18/h1-10,15H,11-14,16H2. The second-order valence-corrected chi connectivity index (χ2v) is 9.28. The summed E-state index contributed by atoms with van der Waals surface area (Å²) in [5.74, 6) is 0. The molecule has 3 aromatic carbocycles. The fraction of sp³-hybridized carbons (Fsp3) is 0.273. The zero-order chi connectivity index (χ0) is 21.4. The predicted octanol–water partition coefficient (Wildman–Crippen LogP) is 4.37. The number of fused-ring (bicyclic) bond motifs is 1. The van der Waals surface area contributed by atoms with E-state index < -0.39 is 21.8 Å². The van der Waals surface area contributed by atoms with E-state index in [-0.39, 0.29) is 18.0 Å². The van der Waals surface area contributed by atoms with Crippen LogP contribution in [0.4, 0.5) is 13.2 Å². The molecule has 3 aromatic rings. The maximum absolute atomic E-state index is 13.0. The van der Waals surface area contributed by atoms with Crippen LogP contribution in [0.25, 0.3) is 10.8 Å². The minimum absolute atomic E-state index is 0.239. The lowest BCUT2D eigenvalue weighted by atomic mass is 10.0. The van der Waals surface area contributed by atoms with Crippen LogP contribution in [0, 0.1) is 0 Å². The summed E-state index contributed by atoms with van der Waals surface area (Å²) in [5.41, 5.74) is 0.209. The number of halogens is 3. The van der Waals surface area contributed by atoms with E-state index in [1.807, 2.05) is 18.2 Å². The smallest absolute Gasteiger partial charge is 0.296 e. The second kappa shape index (κ2) is 8.02. The molecule has 1 fully saturated rings. The molecule has 0 aromatic heterocycles. The third kappa shape index (κ3) is 4.21. The first-order valence-corrected chi connectivity index (χ1v) is 11.1. The van der Waals surface area contributed by atoms with Crippen molar-refractivity contribution in [3.63, 3.8) is 0 Å². The van der Waals surface area contributed by atoms with Crippen molar-refractivity contribution in [2.75, 3.05) is 26.2 Å². The van der Waals surface area contributed by atoms with Crippen LogP contribution in [0.5, 0.6) is 0 Å². The molecule has 0 atom stereocenters. The molecule has 0 bridgehead atoms. The molecule has 1 heterocycles. The highest BCUT2D eigenvalue weighted by molar-refractivity contribution is 7.89. The van der Waals surface area contributed by atoms with Crippen LogP contribution in [0.3, 0.4) is 0 Å². The van der Waals surface area contributed by atoms with Crippen LogP contribution in [-0.2, 0) is 22.7 Å². The zero-order valence-corrected chi connectivity index (χ0v) is 17.0. The fourth-order valence-corrected chi connectivity index (χ4v) is 5.25. The Morgan fingerprint density at radius 3 is 2.23 bits per heavy atom. The SMILES string of the molecule is O=S(=O)(c1cccc(C(F)(F)F)c1)N1CCN(Cc2cccc3ccccc23)CC1. The molecule has 0 N–H and O–H groups in total. The molecule has 158 valence electrons. The van der Waals surface area contributed by atoms with Gasteiger partial charge in [-0.1, -0.05) is 48.5 Å². The summed E-state index contributed by atoms with van der Waals surface area (Å²) < 4.78 is 65.8. The monoisotopic (exact) mass is 434 g/mol. The molecule has 1 aliphatic heterocycles. The molecular formula is C22H21F3N2O2S. The molecule has 0 radical (unpaired) electrons. The summed E-state index contributed by atoms with van der Waals surface area (Å²) in [5, 5.41) is 2.32. The molecule has 4 rings (SSSR count). The van der Waals surface area contributed by atoms with E-state index in [0.717, 1.165) is 17.5 Å². The largest absolute Gasteiger partial charge is 0.416 e. The highest BCUT2D eigenvalue weighted by Crippen LogP contribution is 2.31. The maximum Gasteiger partial charge on any atom is 0.416 e. The molecule has 30 heavy (non-hydrogen) atoms. The summed E-state index contributed by atoms with van der Waals surface area (Å²) in [7, 11) is -3.97. The van der Waals surface area contributed by atoms with Gasteiger partial charge >= 0.3 is 6.18 Å². The van der Waals surface area contributed by atoms with E-state index >= 15 is 0 Å². The lowest BCUT2D eigenvalue weighted by Gasteiger charge is -2.34. The fourth-order valence-electron chi connectivity index (χ4n) is 3.78. The van der Waals surface area contributed by atoms with Crippen molar-refractivity contribution in [3.05, 3.63) is 77.9 Å². The Morgan fingerprint density at radius 2 is 1.50 bits per heavy atom. The number of hydrogen-bond acceptors (Lipinski definition) is 3. The van der Waals surface area contributed by atoms with Crippen molar-refractivity contribution in [1.29, 1.82) is 0 Å². The number of hydrogen-bond donors (Lipinski definition) is 0. The summed E-state index contributed by atoms with van der Waals surface area (Å²) in [6, 6.07) is 18.2. The van der Waals surface area contributed by atoms with Crippen molar-refractivity contribution >= 4 is 20.8 Å². The van der Waals surface area contributed by atoms with Gasteiger partial charge in [-0.25, -0.2) is 8.42 Å². The van der Waals surface area contributed by atoms with Gasteiger partial charge in [-0.2, -0.15) is 17.5 Å². The molecule has 0 amide bonds. The predicted molar refractivity (Wildman–Crippen MR) is 109 cm³/mol. The summed E-state index contributed by atoms with van der Waals surface area (Å²) in [6.07, 6.45) is -4.58. The minimum Gasteiger partial charge on any atom is -0.296 e. The van der Waals surface area contributed by atoms with Crippen LogP contribution in [0.1, 0.15) is 11.1 Å². The molecular weight excluding hydrogens is 413 g/mol. The second-order valence-electron chi connectivity index (χ2n) is 7.34. The Labute approximate surface area is 173 Å². The van der Waals surface area contributed by atoms with Crippen LogP contribution in [-0.4, -0.2) is 43.8 Å². The lowest BCUT2D eigenvalue weighted by Crippen LogP contribution is -2.48. The number of alkyl halides is 3. The van der Waals surface area contributed by atoms with Gasteiger partial charge < -0.3 is 0 Å². The van der Waals surface area contributed by atoms with E-state index in [1.165, 1.54) is 21.3 Å². The van der Waals surface area contributed by atoms with Crippen molar-refractivity contribution < 1.29 is 21.6 Å². The minimum atomic E-state index is -4.58. The highest BCUT2D eigenvalue weighted by Gasteiger charge is 2.34. The lowest BCUT2D eigenvalue weighted by molar-refractivity contribution is -0.137. The van der Waals surface area contributed by atoms with Crippen LogP contribution < -0.4 is 0 Å². The maximum atomic E-state index is 13.0. The molecule has 0 spiro atoms. The van der Waals surface area contributed by atoms with Gasteiger partial charge in [-0.3, -0.25) is 4.90 Å². The molecule has 8 heteroatoms. The van der Waals surface area contributed by atoms with Crippen molar-refractivity contribution in [3.8, 4) is 0 Å². The first-order valence-electron chi connectivity index (χ1n) is 9.61. The Balaban J connectivity index is 1.46. The molecule has 0 unspecified atom stereocenters. The van der Waals surface area contributed by atoms with Gasteiger partial charge in [-0.05, 0) is 34.5 Å². The zero-order valence-electron chi connectivity index (χ0n) is 16.1. The third-order valence-electron chi connectivity index (χ3n) is 5.40. The van der Waals surface area contributed by atoms with Crippen molar-refractivity contribution in [2.24, 2.45) is 0 Å². The average molecular weight is 434 g/mol. The number of benzene rings is 3. The highest BCUT2D eigenvalue weighted by atomic mass is 32.2. The Hall–Kier alpha value is -2.42. The Bertz CT molecular complexity index is 1150. The topological polar surface area (TPSA) is 40.6 Å².